The summed E-state index contributed by atoms with van der Waals surface area (Å²) in [5, 5.41) is 9.93. The number of aromatic amines is 1. The lowest BCUT2D eigenvalue weighted by Gasteiger charge is -2.25. The highest BCUT2D eigenvalue weighted by Crippen LogP contribution is 2.14. The number of nitrogens with one attached hydrogen (secondary N) is 2. The number of ether oxygens (including phenoxy) is 1. The molecular formula is C18H21FN6O3S. The number of benzene rings is 1. The SMILES string of the molecule is O=C(CN1CCOCC1)NCCCn1c(=O)c2cc(F)ccc2n2c(=S)[nH]nc12. The zero-order valence-electron chi connectivity index (χ0n) is 15.7. The van der Waals surface area contributed by atoms with Gasteiger partial charge in [-0.25, -0.2) is 9.49 Å². The summed E-state index contributed by atoms with van der Waals surface area (Å²) < 4.78 is 22.3. The van der Waals surface area contributed by atoms with Crippen molar-refractivity contribution in [1.82, 2.24) is 29.4 Å². The second-order valence-electron chi connectivity index (χ2n) is 6.87. The Balaban J connectivity index is 1.47. The molecule has 154 valence electrons. The second-order valence-corrected chi connectivity index (χ2v) is 7.26. The van der Waals surface area contributed by atoms with Gasteiger partial charge in [0.2, 0.25) is 16.5 Å². The van der Waals surface area contributed by atoms with Gasteiger partial charge in [0, 0.05) is 26.2 Å². The molecule has 11 heteroatoms. The van der Waals surface area contributed by atoms with E-state index < -0.39 is 5.82 Å². The Bertz CT molecular complexity index is 1160. The molecule has 1 aliphatic rings. The monoisotopic (exact) mass is 420 g/mol. The van der Waals surface area contributed by atoms with Crippen LogP contribution in [0.1, 0.15) is 6.42 Å². The first-order chi connectivity index (χ1) is 14.0. The quantitative estimate of drug-likeness (QED) is 0.450. The summed E-state index contributed by atoms with van der Waals surface area (Å²) in [5.41, 5.74) is 0.154. The van der Waals surface area contributed by atoms with E-state index in [-0.39, 0.29) is 16.9 Å². The predicted octanol–water partition coefficient (Wildman–Crippen LogP) is 0.684. The van der Waals surface area contributed by atoms with E-state index in [0.717, 1.165) is 13.1 Å². The number of amides is 1. The maximum absolute atomic E-state index is 13.7. The number of H-pyrrole nitrogens is 1. The molecule has 2 aromatic heterocycles. The Morgan fingerprint density at radius 3 is 2.93 bits per heavy atom. The standard InChI is InChI=1S/C18H21FN6O3S/c19-12-2-3-14-13(10-12)16(27)24(17-21-22-18(29)25(14)17)5-1-4-20-15(26)11-23-6-8-28-9-7-23/h2-3,10H,1,4-9,11H2,(H,20,26)(H,22,29). The largest absolute Gasteiger partial charge is 0.379 e. The number of aryl methyl sites for hydroxylation is 1. The summed E-state index contributed by atoms with van der Waals surface area (Å²) in [6, 6.07) is 4.00. The van der Waals surface area contributed by atoms with Gasteiger partial charge in [0.05, 0.1) is 30.7 Å². The summed E-state index contributed by atoms with van der Waals surface area (Å²) >= 11 is 5.26. The molecule has 3 heterocycles. The molecule has 0 radical (unpaired) electrons. The van der Waals surface area contributed by atoms with Crippen LogP contribution in [0.3, 0.4) is 0 Å². The third-order valence-electron chi connectivity index (χ3n) is 4.92. The van der Waals surface area contributed by atoms with Crippen molar-refractivity contribution in [2.24, 2.45) is 0 Å². The number of aromatic nitrogens is 4. The van der Waals surface area contributed by atoms with Gasteiger partial charge >= 0.3 is 0 Å². The van der Waals surface area contributed by atoms with Gasteiger partial charge in [-0.3, -0.25) is 23.5 Å². The molecule has 0 spiro atoms. The molecule has 2 N–H and O–H groups in total. The van der Waals surface area contributed by atoms with E-state index in [2.05, 4.69) is 15.5 Å². The number of halogens is 1. The molecule has 3 aromatic rings. The van der Waals surface area contributed by atoms with Crippen molar-refractivity contribution < 1.29 is 13.9 Å². The van der Waals surface area contributed by atoms with Gasteiger partial charge in [-0.05, 0) is 36.8 Å². The number of nitrogens with zero attached hydrogens (tertiary/aromatic N) is 4. The van der Waals surface area contributed by atoms with Crippen LogP contribution in [-0.2, 0) is 16.1 Å². The molecular weight excluding hydrogens is 399 g/mol. The van der Waals surface area contributed by atoms with E-state index in [1.165, 1.54) is 22.8 Å². The van der Waals surface area contributed by atoms with Gasteiger partial charge in [0.1, 0.15) is 5.82 Å². The van der Waals surface area contributed by atoms with Crippen molar-refractivity contribution in [1.29, 1.82) is 0 Å². The average molecular weight is 420 g/mol. The fourth-order valence-electron chi connectivity index (χ4n) is 3.48. The van der Waals surface area contributed by atoms with Crippen LogP contribution in [-0.4, -0.2) is 69.4 Å². The maximum Gasteiger partial charge on any atom is 0.262 e. The van der Waals surface area contributed by atoms with Gasteiger partial charge in [-0.15, -0.1) is 5.10 Å². The third kappa shape index (κ3) is 4.07. The van der Waals surface area contributed by atoms with Crippen LogP contribution in [0.4, 0.5) is 4.39 Å². The van der Waals surface area contributed by atoms with Crippen LogP contribution >= 0.6 is 12.2 Å². The number of morpholine rings is 1. The molecule has 0 unspecified atom stereocenters. The Labute approximate surface area is 170 Å². The molecule has 1 saturated heterocycles. The molecule has 1 fully saturated rings. The van der Waals surface area contributed by atoms with Crippen LogP contribution in [0.25, 0.3) is 16.7 Å². The summed E-state index contributed by atoms with van der Waals surface area (Å²) in [7, 11) is 0. The third-order valence-corrected chi connectivity index (χ3v) is 5.20. The van der Waals surface area contributed by atoms with Crippen molar-refractivity contribution in [3.63, 3.8) is 0 Å². The van der Waals surface area contributed by atoms with E-state index in [4.69, 9.17) is 17.0 Å². The lowest BCUT2D eigenvalue weighted by molar-refractivity contribution is -0.123. The predicted molar refractivity (Wildman–Crippen MR) is 107 cm³/mol. The average Bonchev–Trinajstić information content (AvgIpc) is 3.09. The topological polar surface area (TPSA) is 96.7 Å². The Morgan fingerprint density at radius 2 is 2.14 bits per heavy atom. The molecule has 29 heavy (non-hydrogen) atoms. The van der Waals surface area contributed by atoms with E-state index in [9.17, 15) is 14.0 Å². The fraction of sp³-hybridized carbons (Fsp3) is 0.444. The summed E-state index contributed by atoms with van der Waals surface area (Å²) in [6.07, 6.45) is 0.519. The highest BCUT2D eigenvalue weighted by molar-refractivity contribution is 7.71. The van der Waals surface area contributed by atoms with Crippen molar-refractivity contribution in [2.75, 3.05) is 39.4 Å². The van der Waals surface area contributed by atoms with Crippen LogP contribution in [0, 0.1) is 10.6 Å². The van der Waals surface area contributed by atoms with Gasteiger partial charge in [-0.1, -0.05) is 0 Å². The normalized spacial score (nSPS) is 15.2. The first-order valence-electron chi connectivity index (χ1n) is 9.40. The van der Waals surface area contributed by atoms with Crippen LogP contribution in [0.5, 0.6) is 0 Å². The van der Waals surface area contributed by atoms with Gasteiger partial charge in [-0.2, -0.15) is 0 Å². The van der Waals surface area contributed by atoms with Crippen molar-refractivity contribution in [3.05, 3.63) is 39.1 Å². The van der Waals surface area contributed by atoms with E-state index in [0.29, 0.717) is 55.3 Å². The maximum atomic E-state index is 13.7. The molecule has 1 amide bonds. The van der Waals surface area contributed by atoms with Gasteiger partial charge < -0.3 is 10.1 Å². The van der Waals surface area contributed by atoms with Gasteiger partial charge in [0.25, 0.3) is 5.56 Å². The first kappa shape index (κ1) is 19.7. The molecule has 0 bridgehead atoms. The number of carbonyl (C=O) groups excluding carboxylic acids is 1. The van der Waals surface area contributed by atoms with Crippen molar-refractivity contribution in [2.45, 2.75) is 13.0 Å². The summed E-state index contributed by atoms with van der Waals surface area (Å²) in [5.74, 6) is -0.198. The van der Waals surface area contributed by atoms with Crippen LogP contribution in [0.2, 0.25) is 0 Å². The minimum atomic E-state index is -0.495. The van der Waals surface area contributed by atoms with E-state index in [1.54, 1.807) is 4.40 Å². The molecule has 9 nitrogen and oxygen atoms in total. The lowest BCUT2D eigenvalue weighted by atomic mass is 10.2. The molecule has 0 atom stereocenters. The fourth-order valence-corrected chi connectivity index (χ4v) is 3.71. The van der Waals surface area contributed by atoms with E-state index >= 15 is 0 Å². The number of hydrogen-bond acceptors (Lipinski definition) is 6. The summed E-state index contributed by atoms with van der Waals surface area (Å²) in [4.78, 5) is 27.0. The minimum Gasteiger partial charge on any atom is -0.379 e. The molecule has 0 saturated carbocycles. The molecule has 4 rings (SSSR count). The Hall–Kier alpha value is -2.63. The zero-order chi connectivity index (χ0) is 20.4. The number of rotatable bonds is 6. The Kier molecular flexibility index (Phi) is 5.69. The highest BCUT2D eigenvalue weighted by Gasteiger charge is 2.15. The first-order valence-corrected chi connectivity index (χ1v) is 9.81. The van der Waals surface area contributed by atoms with E-state index in [1.807, 2.05) is 4.90 Å². The summed E-state index contributed by atoms with van der Waals surface area (Å²) in [6.45, 7) is 3.82. The highest BCUT2D eigenvalue weighted by atomic mass is 32.1. The molecule has 0 aliphatic carbocycles. The van der Waals surface area contributed by atoms with Gasteiger partial charge in [0.15, 0.2) is 0 Å². The zero-order valence-corrected chi connectivity index (χ0v) is 16.5. The van der Waals surface area contributed by atoms with Crippen molar-refractivity contribution >= 4 is 34.8 Å². The Morgan fingerprint density at radius 1 is 1.34 bits per heavy atom. The minimum absolute atomic E-state index is 0.0630. The lowest BCUT2D eigenvalue weighted by Crippen LogP contribution is -2.43. The second kappa shape index (κ2) is 8.39. The smallest absolute Gasteiger partial charge is 0.262 e. The number of hydrogen-bond donors (Lipinski definition) is 2. The van der Waals surface area contributed by atoms with Crippen molar-refractivity contribution in [3.8, 4) is 0 Å². The number of carbonyl (C=O) groups is 1. The number of fused-ring (bicyclic) bond motifs is 3. The van der Waals surface area contributed by atoms with Crippen LogP contribution in [0.15, 0.2) is 23.0 Å². The molecule has 1 aliphatic heterocycles. The van der Waals surface area contributed by atoms with Crippen LogP contribution < -0.4 is 10.9 Å². The molecule has 1 aromatic carbocycles.